The highest BCUT2D eigenvalue weighted by Gasteiger charge is 2.47. The maximum Gasteiger partial charge on any atom is 0.153 e. The van der Waals surface area contributed by atoms with E-state index in [4.69, 9.17) is 0 Å². The Morgan fingerprint density at radius 3 is 2.86 bits per heavy atom. The molecule has 0 aromatic carbocycles. The summed E-state index contributed by atoms with van der Waals surface area (Å²) in [4.78, 5) is 11.8. The summed E-state index contributed by atoms with van der Waals surface area (Å²) in [6.07, 6.45) is 9.74. The van der Waals surface area contributed by atoms with Crippen molar-refractivity contribution in [1.29, 1.82) is 5.26 Å². The number of carbonyl (C=O) groups is 1. The van der Waals surface area contributed by atoms with Gasteiger partial charge in [-0.1, -0.05) is 12.2 Å². The van der Waals surface area contributed by atoms with Crippen molar-refractivity contribution in [2.45, 2.75) is 38.5 Å². The molecule has 0 N–H and O–H groups in total. The lowest BCUT2D eigenvalue weighted by Gasteiger charge is -2.29. The first-order valence-corrected chi connectivity index (χ1v) is 5.41. The van der Waals surface area contributed by atoms with Crippen LogP contribution in [-0.2, 0) is 4.79 Å². The van der Waals surface area contributed by atoms with Gasteiger partial charge in [0, 0.05) is 12.3 Å². The van der Waals surface area contributed by atoms with Crippen molar-refractivity contribution in [2.75, 3.05) is 0 Å². The minimum absolute atomic E-state index is 0.177. The molecular formula is C12H15NO. The summed E-state index contributed by atoms with van der Waals surface area (Å²) in [5, 5.41) is 9.23. The highest BCUT2D eigenvalue weighted by Crippen LogP contribution is 2.44. The predicted octanol–water partition coefficient (Wildman–Crippen LogP) is 2.61. The first kappa shape index (κ1) is 9.45. The van der Waals surface area contributed by atoms with Crippen molar-refractivity contribution in [3.8, 4) is 6.07 Å². The number of Topliss-reactive ketones (excluding diaryl/α,β-unsaturated/α-hetero) is 1. The summed E-state index contributed by atoms with van der Waals surface area (Å²) in [5.74, 6) is 0.368. The Kier molecular flexibility index (Phi) is 2.41. The Morgan fingerprint density at radius 2 is 2.36 bits per heavy atom. The average molecular weight is 189 g/mol. The largest absolute Gasteiger partial charge is 0.298 e. The van der Waals surface area contributed by atoms with Gasteiger partial charge in [-0.05, 0) is 32.1 Å². The Bertz CT molecular complexity index is 313. The number of nitrogens with zero attached hydrogens (tertiary/aromatic N) is 1. The van der Waals surface area contributed by atoms with Crippen molar-refractivity contribution in [3.63, 3.8) is 0 Å². The molecule has 2 heteroatoms. The summed E-state index contributed by atoms with van der Waals surface area (Å²) in [7, 11) is 0. The van der Waals surface area contributed by atoms with Gasteiger partial charge in [-0.15, -0.1) is 0 Å². The third-order valence-electron chi connectivity index (χ3n) is 3.56. The third-order valence-corrected chi connectivity index (χ3v) is 3.56. The topological polar surface area (TPSA) is 40.9 Å². The second-order valence-electron chi connectivity index (χ2n) is 4.33. The van der Waals surface area contributed by atoms with Crippen molar-refractivity contribution in [1.82, 2.24) is 0 Å². The molecule has 2 unspecified atom stereocenters. The molecule has 1 fully saturated rings. The number of nitriles is 1. The van der Waals surface area contributed by atoms with Crippen LogP contribution in [0, 0.1) is 22.7 Å². The monoisotopic (exact) mass is 189 g/mol. The molecule has 0 aliphatic heterocycles. The number of rotatable bonds is 1. The molecule has 0 radical (unpaired) electrons. The number of hydrogen-bond acceptors (Lipinski definition) is 2. The molecule has 0 bridgehead atoms. The van der Waals surface area contributed by atoms with Gasteiger partial charge in [0.05, 0.1) is 6.07 Å². The van der Waals surface area contributed by atoms with E-state index in [0.717, 1.165) is 32.1 Å². The molecule has 2 rings (SSSR count). The fourth-order valence-electron chi connectivity index (χ4n) is 2.71. The molecule has 2 nitrogen and oxygen atoms in total. The van der Waals surface area contributed by atoms with Gasteiger partial charge in [-0.3, -0.25) is 4.79 Å². The molecule has 0 aromatic heterocycles. The summed E-state index contributed by atoms with van der Waals surface area (Å²) >= 11 is 0. The second-order valence-corrected chi connectivity index (χ2v) is 4.33. The lowest BCUT2D eigenvalue weighted by atomic mass is 9.70. The number of ketones is 1. The molecule has 1 saturated carbocycles. The molecule has 14 heavy (non-hydrogen) atoms. The van der Waals surface area contributed by atoms with Crippen molar-refractivity contribution >= 4 is 5.78 Å². The van der Waals surface area contributed by atoms with E-state index < -0.39 is 5.41 Å². The van der Waals surface area contributed by atoms with Crippen LogP contribution in [0.25, 0.3) is 0 Å². The van der Waals surface area contributed by atoms with E-state index in [0.29, 0.717) is 6.42 Å². The van der Waals surface area contributed by atoms with E-state index in [-0.39, 0.29) is 11.7 Å². The highest BCUT2D eigenvalue weighted by molar-refractivity contribution is 5.90. The third kappa shape index (κ3) is 1.28. The van der Waals surface area contributed by atoms with Gasteiger partial charge in [0.15, 0.2) is 5.78 Å². The van der Waals surface area contributed by atoms with E-state index in [1.807, 2.05) is 0 Å². The second kappa shape index (κ2) is 3.57. The van der Waals surface area contributed by atoms with Gasteiger partial charge in [-0.25, -0.2) is 0 Å². The van der Waals surface area contributed by atoms with Gasteiger partial charge in [0.25, 0.3) is 0 Å². The summed E-state index contributed by atoms with van der Waals surface area (Å²) in [6.45, 7) is 0. The SMILES string of the molecule is N#CC1(C2C=CCCC2)CCCC1=O. The van der Waals surface area contributed by atoms with Crippen LogP contribution in [0.1, 0.15) is 38.5 Å². The molecule has 2 atom stereocenters. The number of hydrogen-bond donors (Lipinski definition) is 0. The van der Waals surface area contributed by atoms with Crippen LogP contribution in [0.2, 0.25) is 0 Å². The zero-order valence-electron chi connectivity index (χ0n) is 8.33. The fraction of sp³-hybridized carbons (Fsp3) is 0.667. The maximum absolute atomic E-state index is 11.8. The van der Waals surface area contributed by atoms with E-state index >= 15 is 0 Å². The van der Waals surface area contributed by atoms with E-state index in [9.17, 15) is 10.1 Å². The molecule has 2 aliphatic rings. The maximum atomic E-state index is 11.8. The molecule has 0 heterocycles. The Balaban J connectivity index is 2.28. The van der Waals surface area contributed by atoms with Gasteiger partial charge >= 0.3 is 0 Å². The molecule has 74 valence electrons. The minimum atomic E-state index is -0.656. The van der Waals surface area contributed by atoms with Crippen LogP contribution in [0.3, 0.4) is 0 Å². The van der Waals surface area contributed by atoms with Gasteiger partial charge < -0.3 is 0 Å². The lowest BCUT2D eigenvalue weighted by molar-refractivity contribution is -0.124. The van der Waals surface area contributed by atoms with E-state index in [1.54, 1.807) is 0 Å². The lowest BCUT2D eigenvalue weighted by Crippen LogP contribution is -2.33. The van der Waals surface area contributed by atoms with Gasteiger partial charge in [0.2, 0.25) is 0 Å². The van der Waals surface area contributed by atoms with Crippen molar-refractivity contribution in [3.05, 3.63) is 12.2 Å². The summed E-state index contributed by atoms with van der Waals surface area (Å²) in [5.41, 5.74) is -0.656. The predicted molar refractivity (Wildman–Crippen MR) is 53.4 cm³/mol. The van der Waals surface area contributed by atoms with Gasteiger partial charge in [0.1, 0.15) is 5.41 Å². The first-order chi connectivity index (χ1) is 6.79. The molecule has 2 aliphatic carbocycles. The number of allylic oxidation sites excluding steroid dienone is 2. The quantitative estimate of drug-likeness (QED) is 0.595. The molecule has 0 aromatic rings. The number of carbonyl (C=O) groups excluding carboxylic acids is 1. The fourth-order valence-corrected chi connectivity index (χ4v) is 2.71. The van der Waals surface area contributed by atoms with E-state index in [2.05, 4.69) is 18.2 Å². The Morgan fingerprint density at radius 1 is 1.50 bits per heavy atom. The van der Waals surface area contributed by atoms with Crippen LogP contribution >= 0.6 is 0 Å². The zero-order chi connectivity index (χ0) is 10.0. The molecule has 0 spiro atoms. The Labute approximate surface area is 84.6 Å². The molecular weight excluding hydrogens is 174 g/mol. The Hall–Kier alpha value is -1.10. The smallest absolute Gasteiger partial charge is 0.153 e. The van der Waals surface area contributed by atoms with Crippen LogP contribution in [0.4, 0.5) is 0 Å². The first-order valence-electron chi connectivity index (χ1n) is 5.41. The van der Waals surface area contributed by atoms with Crippen LogP contribution in [0.15, 0.2) is 12.2 Å². The van der Waals surface area contributed by atoms with Crippen LogP contribution in [-0.4, -0.2) is 5.78 Å². The van der Waals surface area contributed by atoms with Crippen molar-refractivity contribution < 1.29 is 4.79 Å². The summed E-state index contributed by atoms with van der Waals surface area (Å²) < 4.78 is 0. The van der Waals surface area contributed by atoms with Crippen LogP contribution in [0.5, 0.6) is 0 Å². The highest BCUT2D eigenvalue weighted by atomic mass is 16.1. The summed E-state index contributed by atoms with van der Waals surface area (Å²) in [6, 6.07) is 2.30. The van der Waals surface area contributed by atoms with Crippen molar-refractivity contribution in [2.24, 2.45) is 11.3 Å². The van der Waals surface area contributed by atoms with Gasteiger partial charge in [-0.2, -0.15) is 5.26 Å². The zero-order valence-corrected chi connectivity index (χ0v) is 8.33. The minimum Gasteiger partial charge on any atom is -0.298 e. The molecule has 0 amide bonds. The normalized spacial score (nSPS) is 37.1. The average Bonchev–Trinajstić information content (AvgIpc) is 2.62. The van der Waals surface area contributed by atoms with Crippen LogP contribution < -0.4 is 0 Å². The molecule has 0 saturated heterocycles. The standard InChI is InChI=1S/C12H15NO/c13-9-12(8-4-7-11(12)14)10-5-2-1-3-6-10/h2,5,10H,1,3-4,6-8H2. The van der Waals surface area contributed by atoms with E-state index in [1.165, 1.54) is 0 Å².